The first-order valence-electron chi connectivity index (χ1n) is 2.39. The van der Waals surface area contributed by atoms with Crippen molar-refractivity contribution in [3.05, 3.63) is 0 Å². The fourth-order valence-corrected chi connectivity index (χ4v) is 0.510. The molecule has 1 saturated heterocycles. The second-order valence-electron chi connectivity index (χ2n) is 1.38. The zero-order chi connectivity index (χ0) is 6.24. The van der Waals surface area contributed by atoms with Crippen LogP contribution >= 0.6 is 18.8 Å². The Balaban J connectivity index is 0.000000145. The van der Waals surface area contributed by atoms with E-state index < -0.39 is 16.5 Å². The average molecular weight is 239 g/mol. The molecule has 1 nitrogen and oxygen atoms in total. The molecule has 8 heavy (non-hydrogen) atoms. The number of hydrogen-bond acceptors (Lipinski definition) is 1. The first-order valence-corrected chi connectivity index (χ1v) is 7.55. The van der Waals surface area contributed by atoms with Gasteiger partial charge in [0.25, 0.3) is 0 Å². The van der Waals surface area contributed by atoms with Crippen molar-refractivity contribution < 1.29 is 21.2 Å². The summed E-state index contributed by atoms with van der Waals surface area (Å²) in [5.41, 5.74) is 0. The molecule has 4 heteroatoms. The van der Waals surface area contributed by atoms with Crippen molar-refractivity contribution in [2.75, 3.05) is 13.2 Å². The van der Waals surface area contributed by atoms with Gasteiger partial charge in [-0.15, -0.1) is 0 Å². The van der Waals surface area contributed by atoms with Crippen LogP contribution in [0.2, 0.25) is 0 Å². The van der Waals surface area contributed by atoms with E-state index in [9.17, 15) is 0 Å². The van der Waals surface area contributed by atoms with Crippen LogP contribution in [-0.4, -0.2) is 13.2 Å². The van der Waals surface area contributed by atoms with Crippen LogP contribution < -0.4 is 0 Å². The van der Waals surface area contributed by atoms with Crippen molar-refractivity contribution in [1.29, 1.82) is 0 Å². The van der Waals surface area contributed by atoms with Crippen LogP contribution in [0.25, 0.3) is 0 Å². The monoisotopic (exact) mass is 240 g/mol. The van der Waals surface area contributed by atoms with Gasteiger partial charge >= 0.3 is 35.3 Å². The minimum absolute atomic E-state index is 0.586. The van der Waals surface area contributed by atoms with E-state index in [-0.39, 0.29) is 0 Å². The van der Waals surface area contributed by atoms with Crippen LogP contribution in [0, 0.1) is 0 Å². The second kappa shape index (κ2) is 8.23. The molecule has 1 fully saturated rings. The van der Waals surface area contributed by atoms with E-state index in [0.29, 0.717) is 0 Å². The van der Waals surface area contributed by atoms with Crippen molar-refractivity contribution in [2.24, 2.45) is 0 Å². The van der Waals surface area contributed by atoms with Gasteiger partial charge in [0, 0.05) is 13.2 Å². The fourth-order valence-electron chi connectivity index (χ4n) is 0.510. The van der Waals surface area contributed by atoms with E-state index in [4.69, 9.17) is 23.6 Å². The SMILES string of the molecule is C1CCOC1.[Cl][Mo][Cl]. The third kappa shape index (κ3) is 7.23. The van der Waals surface area contributed by atoms with E-state index >= 15 is 0 Å². The molecule has 1 rings (SSSR count). The molecule has 1 heterocycles. The normalized spacial score (nSPS) is 17.2. The van der Waals surface area contributed by atoms with Crippen LogP contribution in [0.3, 0.4) is 0 Å². The third-order valence-corrected chi connectivity index (χ3v) is 0.827. The molecule has 1 aliphatic rings. The van der Waals surface area contributed by atoms with Gasteiger partial charge in [-0.2, -0.15) is 0 Å². The van der Waals surface area contributed by atoms with E-state index in [2.05, 4.69) is 0 Å². The summed E-state index contributed by atoms with van der Waals surface area (Å²) in [5, 5.41) is 0. The Morgan fingerprint density at radius 2 is 1.50 bits per heavy atom. The molecule has 1 aliphatic heterocycles. The molecule has 0 amide bonds. The predicted octanol–water partition coefficient (Wildman–Crippen LogP) is 2.17. The molecule has 0 aromatic carbocycles. The molecule has 0 aromatic rings. The first kappa shape index (κ1) is 9.23. The number of hydrogen-bond donors (Lipinski definition) is 0. The zero-order valence-corrected chi connectivity index (χ0v) is 7.92. The molecule has 50 valence electrons. The van der Waals surface area contributed by atoms with E-state index in [1.807, 2.05) is 0 Å². The molecular weight excluding hydrogens is 231 g/mol. The Kier molecular flexibility index (Phi) is 9.49. The maximum absolute atomic E-state index is 4.94. The molecule has 0 saturated carbocycles. The number of ether oxygens (including phenoxy) is 1. The Labute approximate surface area is 66.1 Å². The summed E-state index contributed by atoms with van der Waals surface area (Å²) in [5.74, 6) is 0. The van der Waals surface area contributed by atoms with Gasteiger partial charge in [-0.25, -0.2) is 0 Å². The molecule has 0 spiro atoms. The summed E-state index contributed by atoms with van der Waals surface area (Å²) >= 11 is -0.586. The van der Waals surface area contributed by atoms with Crippen molar-refractivity contribution in [3.8, 4) is 0 Å². The van der Waals surface area contributed by atoms with Gasteiger partial charge in [0.1, 0.15) is 0 Å². The van der Waals surface area contributed by atoms with Crippen molar-refractivity contribution in [1.82, 2.24) is 0 Å². The summed E-state index contributed by atoms with van der Waals surface area (Å²) in [6.45, 7) is 2.00. The summed E-state index contributed by atoms with van der Waals surface area (Å²) in [7, 11) is 9.79. The van der Waals surface area contributed by atoms with Gasteiger partial charge in [-0.05, 0) is 12.8 Å². The summed E-state index contributed by atoms with van der Waals surface area (Å²) in [6, 6.07) is 0. The maximum atomic E-state index is 4.94. The standard InChI is InChI=1S/C4H8O.2ClH.Mo/c1-2-4-5-3-1;;;/h1-4H2;2*1H;/q;;;+2/p-2. The number of rotatable bonds is 0. The van der Waals surface area contributed by atoms with E-state index in [0.717, 1.165) is 13.2 Å². The van der Waals surface area contributed by atoms with E-state index in [1.54, 1.807) is 0 Å². The van der Waals surface area contributed by atoms with Gasteiger partial charge < -0.3 is 4.74 Å². The number of halogens is 2. The van der Waals surface area contributed by atoms with Crippen molar-refractivity contribution >= 4 is 18.8 Å². The molecule has 0 radical (unpaired) electrons. The van der Waals surface area contributed by atoms with Crippen molar-refractivity contribution in [2.45, 2.75) is 12.8 Å². The summed E-state index contributed by atoms with van der Waals surface area (Å²) in [4.78, 5) is 0. The predicted molar refractivity (Wildman–Crippen MR) is 31.8 cm³/mol. The minimum atomic E-state index is -0.586. The molecular formula is C4H8Cl2MoO. The van der Waals surface area contributed by atoms with Crippen LogP contribution in [-0.2, 0) is 21.2 Å². The van der Waals surface area contributed by atoms with Crippen LogP contribution in [0.4, 0.5) is 0 Å². The van der Waals surface area contributed by atoms with Crippen LogP contribution in [0.15, 0.2) is 0 Å². The van der Waals surface area contributed by atoms with Crippen LogP contribution in [0.1, 0.15) is 12.8 Å². The Morgan fingerprint density at radius 1 is 1.12 bits per heavy atom. The Morgan fingerprint density at radius 3 is 1.62 bits per heavy atom. The molecule has 0 bridgehead atoms. The summed E-state index contributed by atoms with van der Waals surface area (Å²) < 4.78 is 4.94. The molecule has 0 unspecified atom stereocenters. The molecule has 0 aromatic heterocycles. The second-order valence-corrected chi connectivity index (χ2v) is 4.42. The molecule has 0 aliphatic carbocycles. The van der Waals surface area contributed by atoms with Crippen LogP contribution in [0.5, 0.6) is 0 Å². The van der Waals surface area contributed by atoms with Gasteiger partial charge in [0.05, 0.1) is 0 Å². The van der Waals surface area contributed by atoms with Gasteiger partial charge in [-0.1, -0.05) is 0 Å². The zero-order valence-electron chi connectivity index (χ0n) is 4.40. The van der Waals surface area contributed by atoms with Gasteiger partial charge in [-0.3, -0.25) is 0 Å². The summed E-state index contributed by atoms with van der Waals surface area (Å²) in [6.07, 6.45) is 2.56. The fraction of sp³-hybridized carbons (Fsp3) is 1.00. The third-order valence-electron chi connectivity index (χ3n) is 0.827. The Hall–Kier alpha value is 1.23. The van der Waals surface area contributed by atoms with Crippen molar-refractivity contribution in [3.63, 3.8) is 0 Å². The first-order chi connectivity index (χ1) is 3.91. The van der Waals surface area contributed by atoms with E-state index in [1.165, 1.54) is 12.8 Å². The quantitative estimate of drug-likeness (QED) is 0.588. The Bertz CT molecular complexity index is 33.4. The average Bonchev–Trinajstić information content (AvgIpc) is 2.17. The van der Waals surface area contributed by atoms with Gasteiger partial charge in [0.15, 0.2) is 0 Å². The molecule has 0 N–H and O–H groups in total. The molecule has 0 atom stereocenters. The topological polar surface area (TPSA) is 9.23 Å². The van der Waals surface area contributed by atoms with Gasteiger partial charge in [0.2, 0.25) is 0 Å².